The maximum absolute atomic E-state index is 10.6. The summed E-state index contributed by atoms with van der Waals surface area (Å²) >= 11 is 0. The molecule has 0 spiro atoms. The minimum atomic E-state index is -5.08. The quantitative estimate of drug-likeness (QED) is 0.636. The summed E-state index contributed by atoms with van der Waals surface area (Å²) in [7, 11) is 0. The van der Waals surface area contributed by atoms with Crippen molar-refractivity contribution in [3.8, 4) is 0 Å². The second-order valence-electron chi connectivity index (χ2n) is 3.42. The summed E-state index contributed by atoms with van der Waals surface area (Å²) in [5.74, 6) is -3.01. The van der Waals surface area contributed by atoms with Crippen LogP contribution in [0.5, 0.6) is 0 Å². The van der Waals surface area contributed by atoms with Gasteiger partial charge in [0.15, 0.2) is 0 Å². The molecular formula is C7H12F3NO3. The monoisotopic (exact) mass is 215 g/mol. The lowest BCUT2D eigenvalue weighted by Gasteiger charge is -2.10. The van der Waals surface area contributed by atoms with Crippen molar-refractivity contribution in [1.82, 2.24) is 0 Å². The first-order valence-corrected chi connectivity index (χ1v) is 3.49. The Morgan fingerprint density at radius 1 is 1.14 bits per heavy atom. The van der Waals surface area contributed by atoms with E-state index >= 15 is 0 Å². The molecule has 0 fully saturated rings. The number of carboxylic acids is 1. The van der Waals surface area contributed by atoms with Crippen molar-refractivity contribution in [2.75, 3.05) is 0 Å². The van der Waals surface area contributed by atoms with Gasteiger partial charge in [-0.25, -0.2) is 4.79 Å². The van der Waals surface area contributed by atoms with E-state index in [0.717, 1.165) is 0 Å². The average Bonchev–Trinajstić information content (AvgIpc) is 1.83. The van der Waals surface area contributed by atoms with Gasteiger partial charge in [0.05, 0.1) is 0 Å². The molecular weight excluding hydrogens is 203 g/mol. The molecule has 0 atom stereocenters. The van der Waals surface area contributed by atoms with Gasteiger partial charge in [-0.3, -0.25) is 4.79 Å². The number of amides is 1. The highest BCUT2D eigenvalue weighted by atomic mass is 19.4. The molecule has 4 nitrogen and oxygen atoms in total. The molecule has 14 heavy (non-hydrogen) atoms. The van der Waals surface area contributed by atoms with E-state index in [1.807, 2.05) is 0 Å². The minimum Gasteiger partial charge on any atom is -0.475 e. The zero-order chi connectivity index (χ0) is 12.2. The minimum absolute atomic E-state index is 0.257. The lowest BCUT2D eigenvalue weighted by molar-refractivity contribution is -0.192. The molecule has 1 amide bonds. The molecule has 0 unspecified atom stereocenters. The van der Waals surface area contributed by atoms with Gasteiger partial charge >= 0.3 is 12.1 Å². The number of nitrogens with two attached hydrogens (primary N) is 1. The number of alkyl halides is 3. The van der Waals surface area contributed by atoms with Crippen LogP contribution in [-0.2, 0) is 9.59 Å². The lowest BCUT2D eigenvalue weighted by Crippen LogP contribution is -2.27. The Morgan fingerprint density at radius 3 is 1.29 bits per heavy atom. The van der Waals surface area contributed by atoms with Crippen LogP contribution >= 0.6 is 0 Å². The second kappa shape index (κ2) is 4.83. The number of primary amides is 1. The van der Waals surface area contributed by atoms with Gasteiger partial charge in [-0.05, 0) is 0 Å². The highest BCUT2D eigenvalue weighted by Gasteiger charge is 2.38. The fourth-order valence-electron chi connectivity index (χ4n) is 0. The molecule has 0 aromatic carbocycles. The number of carbonyl (C=O) groups is 2. The van der Waals surface area contributed by atoms with Crippen LogP contribution in [0, 0.1) is 5.41 Å². The van der Waals surface area contributed by atoms with Crippen LogP contribution < -0.4 is 5.73 Å². The Bertz CT molecular complexity index is 193. The predicted octanol–water partition coefficient (Wildman–Crippen LogP) is 1.15. The molecule has 0 aromatic heterocycles. The Kier molecular flexibility index (Phi) is 5.24. The Labute approximate surface area is 78.9 Å². The van der Waals surface area contributed by atoms with Crippen molar-refractivity contribution < 1.29 is 27.9 Å². The Morgan fingerprint density at radius 2 is 1.29 bits per heavy atom. The smallest absolute Gasteiger partial charge is 0.475 e. The average molecular weight is 215 g/mol. The fourth-order valence-corrected chi connectivity index (χ4v) is 0. The molecule has 0 aliphatic rings. The lowest BCUT2D eigenvalue weighted by atomic mass is 9.96. The van der Waals surface area contributed by atoms with Gasteiger partial charge in [-0.2, -0.15) is 13.2 Å². The summed E-state index contributed by atoms with van der Waals surface area (Å²) in [5.41, 5.74) is 4.57. The molecule has 84 valence electrons. The molecule has 3 N–H and O–H groups in total. The molecule has 0 saturated heterocycles. The van der Waals surface area contributed by atoms with Gasteiger partial charge in [0.2, 0.25) is 5.91 Å². The van der Waals surface area contributed by atoms with E-state index < -0.39 is 12.1 Å². The summed E-state index contributed by atoms with van der Waals surface area (Å²) in [4.78, 5) is 19.1. The number of carboxylic acid groups (broad SMARTS) is 1. The fraction of sp³-hybridized carbons (Fsp3) is 0.714. The van der Waals surface area contributed by atoms with Crippen LogP contribution in [0.2, 0.25) is 0 Å². The van der Waals surface area contributed by atoms with Crippen molar-refractivity contribution in [2.24, 2.45) is 11.1 Å². The number of carbonyl (C=O) groups excluding carboxylic acids is 1. The van der Waals surface area contributed by atoms with Crippen molar-refractivity contribution in [1.29, 1.82) is 0 Å². The van der Waals surface area contributed by atoms with E-state index in [0.29, 0.717) is 0 Å². The number of hydrogen-bond donors (Lipinski definition) is 2. The van der Waals surface area contributed by atoms with Gasteiger partial charge in [-0.15, -0.1) is 0 Å². The molecule has 0 aromatic rings. The molecule has 0 rings (SSSR count). The van der Waals surface area contributed by atoms with Gasteiger partial charge < -0.3 is 10.8 Å². The van der Waals surface area contributed by atoms with E-state index in [-0.39, 0.29) is 11.3 Å². The summed E-state index contributed by atoms with van der Waals surface area (Å²) in [6.07, 6.45) is -5.08. The first-order chi connectivity index (χ1) is 5.89. The maximum atomic E-state index is 10.6. The molecule has 0 saturated carbocycles. The van der Waals surface area contributed by atoms with E-state index in [4.69, 9.17) is 15.6 Å². The van der Waals surface area contributed by atoms with Crippen LogP contribution in [-0.4, -0.2) is 23.2 Å². The van der Waals surface area contributed by atoms with Crippen molar-refractivity contribution in [2.45, 2.75) is 26.9 Å². The van der Waals surface area contributed by atoms with Crippen LogP contribution in [0.1, 0.15) is 20.8 Å². The molecule has 0 heterocycles. The second-order valence-corrected chi connectivity index (χ2v) is 3.42. The number of rotatable bonds is 0. The van der Waals surface area contributed by atoms with E-state index in [1.165, 1.54) is 0 Å². The zero-order valence-electron chi connectivity index (χ0n) is 7.97. The third-order valence-corrected chi connectivity index (χ3v) is 0.982. The summed E-state index contributed by atoms with van der Waals surface area (Å²) in [6.45, 7) is 5.36. The van der Waals surface area contributed by atoms with Gasteiger partial charge in [-0.1, -0.05) is 20.8 Å². The van der Waals surface area contributed by atoms with Gasteiger partial charge in [0.25, 0.3) is 0 Å². The largest absolute Gasteiger partial charge is 0.490 e. The predicted molar refractivity (Wildman–Crippen MR) is 42.3 cm³/mol. The maximum Gasteiger partial charge on any atom is 0.490 e. The van der Waals surface area contributed by atoms with E-state index in [1.54, 1.807) is 20.8 Å². The van der Waals surface area contributed by atoms with Crippen molar-refractivity contribution in [3.63, 3.8) is 0 Å². The summed E-state index contributed by atoms with van der Waals surface area (Å²) in [6, 6.07) is 0. The first-order valence-electron chi connectivity index (χ1n) is 3.49. The normalized spacial score (nSPS) is 11.3. The molecule has 0 bridgehead atoms. The Hall–Kier alpha value is -1.27. The highest BCUT2D eigenvalue weighted by molar-refractivity contribution is 5.79. The Balaban J connectivity index is 0. The summed E-state index contributed by atoms with van der Waals surface area (Å²) < 4.78 is 31.7. The third kappa shape index (κ3) is 8.82. The van der Waals surface area contributed by atoms with Crippen LogP contribution in [0.25, 0.3) is 0 Å². The molecule has 0 radical (unpaired) electrons. The molecule has 0 aliphatic heterocycles. The van der Waals surface area contributed by atoms with Crippen molar-refractivity contribution in [3.05, 3.63) is 0 Å². The standard InChI is InChI=1S/C5H11NO.C2HF3O2/c1-5(2,3)4(6)7;3-2(4,5)1(6)7/h1-3H3,(H2,6,7);(H,6,7). The highest BCUT2D eigenvalue weighted by Crippen LogP contribution is 2.13. The number of hydrogen-bond acceptors (Lipinski definition) is 2. The zero-order valence-corrected chi connectivity index (χ0v) is 7.97. The van der Waals surface area contributed by atoms with E-state index in [9.17, 15) is 18.0 Å². The number of halogens is 3. The van der Waals surface area contributed by atoms with Gasteiger partial charge in [0.1, 0.15) is 0 Å². The van der Waals surface area contributed by atoms with Crippen LogP contribution in [0.3, 0.4) is 0 Å². The van der Waals surface area contributed by atoms with E-state index in [2.05, 4.69) is 0 Å². The van der Waals surface area contributed by atoms with Crippen LogP contribution in [0.15, 0.2) is 0 Å². The molecule has 0 aliphatic carbocycles. The third-order valence-electron chi connectivity index (χ3n) is 0.982. The number of aliphatic carboxylic acids is 1. The topological polar surface area (TPSA) is 80.4 Å². The van der Waals surface area contributed by atoms with Gasteiger partial charge in [0, 0.05) is 5.41 Å². The SMILES string of the molecule is CC(C)(C)C(N)=O.O=C(O)C(F)(F)F. The first kappa shape index (κ1) is 15.2. The molecule has 7 heteroatoms. The van der Waals surface area contributed by atoms with Crippen LogP contribution in [0.4, 0.5) is 13.2 Å². The summed E-state index contributed by atoms with van der Waals surface area (Å²) in [5, 5.41) is 7.12. The van der Waals surface area contributed by atoms with Crippen molar-refractivity contribution >= 4 is 11.9 Å².